The van der Waals surface area contributed by atoms with Gasteiger partial charge in [-0.15, -0.1) is 0 Å². The van der Waals surface area contributed by atoms with Crippen LogP contribution in [0, 0.1) is 6.92 Å². The molecule has 2 N–H and O–H groups in total. The topological polar surface area (TPSA) is 61.5 Å². The number of nitrogens with two attached hydrogens (primary N) is 1. The second-order valence-electron chi connectivity index (χ2n) is 4.03. The molecule has 4 heteroatoms. The third-order valence-electron chi connectivity index (χ3n) is 2.60. The van der Waals surface area contributed by atoms with Crippen molar-refractivity contribution in [3.8, 4) is 5.75 Å². The minimum absolute atomic E-state index is 0.152. The Bertz CT molecular complexity index is 391. The normalized spacial score (nSPS) is 10.2. The van der Waals surface area contributed by atoms with Crippen LogP contribution in [0.15, 0.2) is 18.2 Å². The minimum Gasteiger partial charge on any atom is -0.492 e. The van der Waals surface area contributed by atoms with Crippen LogP contribution >= 0.6 is 0 Å². The van der Waals surface area contributed by atoms with Crippen LogP contribution in [0.4, 0.5) is 0 Å². The number of aryl methyl sites for hydroxylation is 2. The molecule has 0 aromatic heterocycles. The van der Waals surface area contributed by atoms with Gasteiger partial charge in [-0.3, -0.25) is 4.79 Å². The van der Waals surface area contributed by atoms with E-state index in [4.69, 9.17) is 15.2 Å². The van der Waals surface area contributed by atoms with Crippen LogP contribution in [0.2, 0.25) is 0 Å². The van der Waals surface area contributed by atoms with Crippen LogP contribution in [0.25, 0.3) is 0 Å². The average molecular weight is 251 g/mol. The first-order valence-corrected chi connectivity index (χ1v) is 6.25. The molecule has 0 heterocycles. The minimum atomic E-state index is -0.152. The Kier molecular flexibility index (Phi) is 6.22. The zero-order valence-corrected chi connectivity index (χ0v) is 11.1. The van der Waals surface area contributed by atoms with Crippen molar-refractivity contribution < 1.29 is 14.3 Å². The summed E-state index contributed by atoms with van der Waals surface area (Å²) in [5.74, 6) is 0.665. The molecule has 18 heavy (non-hydrogen) atoms. The van der Waals surface area contributed by atoms with Gasteiger partial charge in [0.1, 0.15) is 12.4 Å². The van der Waals surface area contributed by atoms with Gasteiger partial charge in [-0.1, -0.05) is 6.07 Å². The highest BCUT2D eigenvalue weighted by atomic mass is 16.5. The first kappa shape index (κ1) is 14.5. The summed E-state index contributed by atoms with van der Waals surface area (Å²) in [6.07, 6.45) is 1.11. The fourth-order valence-electron chi connectivity index (χ4n) is 1.69. The van der Waals surface area contributed by atoms with Crippen molar-refractivity contribution in [1.29, 1.82) is 0 Å². The molecule has 0 aliphatic carbocycles. The third-order valence-corrected chi connectivity index (χ3v) is 2.60. The molecule has 0 spiro atoms. The summed E-state index contributed by atoms with van der Waals surface area (Å²) in [5, 5.41) is 0. The summed E-state index contributed by atoms with van der Waals surface area (Å²) in [7, 11) is 0. The summed E-state index contributed by atoms with van der Waals surface area (Å²) in [4.78, 5) is 11.3. The van der Waals surface area contributed by atoms with Gasteiger partial charge >= 0.3 is 5.97 Å². The molecular weight excluding hydrogens is 230 g/mol. The van der Waals surface area contributed by atoms with E-state index in [9.17, 15) is 4.79 Å². The van der Waals surface area contributed by atoms with E-state index in [1.807, 2.05) is 32.0 Å². The van der Waals surface area contributed by atoms with E-state index in [-0.39, 0.29) is 5.97 Å². The molecule has 0 aliphatic rings. The molecule has 1 rings (SSSR count). The Hall–Kier alpha value is -1.55. The van der Waals surface area contributed by atoms with Crippen LogP contribution in [-0.2, 0) is 16.0 Å². The van der Waals surface area contributed by atoms with Crippen molar-refractivity contribution in [1.82, 2.24) is 0 Å². The first-order chi connectivity index (χ1) is 8.67. The Balaban J connectivity index is 2.54. The molecule has 0 saturated heterocycles. The first-order valence-electron chi connectivity index (χ1n) is 6.25. The van der Waals surface area contributed by atoms with E-state index < -0.39 is 0 Å². The molecule has 0 fully saturated rings. The van der Waals surface area contributed by atoms with Gasteiger partial charge in [-0.05, 0) is 43.5 Å². The third kappa shape index (κ3) is 4.75. The Morgan fingerprint density at radius 2 is 2.17 bits per heavy atom. The molecule has 100 valence electrons. The lowest BCUT2D eigenvalue weighted by Gasteiger charge is -2.09. The van der Waals surface area contributed by atoms with Gasteiger partial charge in [0.2, 0.25) is 0 Å². The van der Waals surface area contributed by atoms with Crippen LogP contribution in [0.5, 0.6) is 5.75 Å². The zero-order chi connectivity index (χ0) is 13.4. The number of carbonyl (C=O) groups is 1. The molecule has 0 saturated carbocycles. The predicted molar refractivity (Wildman–Crippen MR) is 70.7 cm³/mol. The van der Waals surface area contributed by atoms with Gasteiger partial charge in [0.05, 0.1) is 6.61 Å². The summed E-state index contributed by atoms with van der Waals surface area (Å²) in [6.45, 7) is 5.28. The maximum atomic E-state index is 11.3. The maximum absolute atomic E-state index is 11.3. The smallest absolute Gasteiger partial charge is 0.306 e. The van der Waals surface area contributed by atoms with Crippen LogP contribution in [-0.4, -0.2) is 25.7 Å². The monoisotopic (exact) mass is 251 g/mol. The number of carbonyl (C=O) groups excluding carboxylic acids is 1. The summed E-state index contributed by atoms with van der Waals surface area (Å²) >= 11 is 0. The second-order valence-corrected chi connectivity index (χ2v) is 4.03. The summed E-state index contributed by atoms with van der Waals surface area (Å²) < 4.78 is 10.3. The highest BCUT2D eigenvalue weighted by Gasteiger charge is 2.05. The van der Waals surface area contributed by atoms with Crippen LogP contribution in [0.1, 0.15) is 24.5 Å². The lowest BCUT2D eigenvalue weighted by Crippen LogP contribution is -2.10. The lowest BCUT2D eigenvalue weighted by atomic mass is 10.0. The number of esters is 1. The molecule has 1 aromatic rings. The van der Waals surface area contributed by atoms with Gasteiger partial charge in [0.15, 0.2) is 0 Å². The van der Waals surface area contributed by atoms with Gasteiger partial charge in [-0.25, -0.2) is 0 Å². The number of ether oxygens (including phenoxy) is 2. The second kappa shape index (κ2) is 7.71. The Morgan fingerprint density at radius 3 is 2.78 bits per heavy atom. The fourth-order valence-corrected chi connectivity index (χ4v) is 1.69. The van der Waals surface area contributed by atoms with Crippen molar-refractivity contribution in [3.05, 3.63) is 29.3 Å². The van der Waals surface area contributed by atoms with Crippen molar-refractivity contribution in [2.75, 3.05) is 19.8 Å². The van der Waals surface area contributed by atoms with Gasteiger partial charge in [0.25, 0.3) is 0 Å². The maximum Gasteiger partial charge on any atom is 0.306 e. The lowest BCUT2D eigenvalue weighted by molar-refractivity contribution is -0.143. The summed E-state index contributed by atoms with van der Waals surface area (Å²) in [6, 6.07) is 5.86. The molecule has 0 atom stereocenters. The van der Waals surface area contributed by atoms with Crippen molar-refractivity contribution in [2.45, 2.75) is 26.7 Å². The van der Waals surface area contributed by atoms with E-state index in [0.717, 1.165) is 16.9 Å². The number of hydrogen-bond donors (Lipinski definition) is 1. The van der Waals surface area contributed by atoms with E-state index in [0.29, 0.717) is 32.6 Å². The summed E-state index contributed by atoms with van der Waals surface area (Å²) in [5.41, 5.74) is 7.64. The largest absolute Gasteiger partial charge is 0.492 e. The molecule has 0 amide bonds. The molecule has 0 aliphatic heterocycles. The van der Waals surface area contributed by atoms with Crippen LogP contribution < -0.4 is 10.5 Å². The Labute approximate surface area is 108 Å². The molecule has 0 bridgehead atoms. The SMILES string of the molecule is CCOC(=O)CCc1ccc(OCCN)cc1C. The number of hydrogen-bond acceptors (Lipinski definition) is 4. The van der Waals surface area contributed by atoms with Gasteiger partial charge < -0.3 is 15.2 Å². The van der Waals surface area contributed by atoms with E-state index in [1.54, 1.807) is 0 Å². The van der Waals surface area contributed by atoms with Crippen molar-refractivity contribution in [2.24, 2.45) is 5.73 Å². The highest BCUT2D eigenvalue weighted by Crippen LogP contribution is 2.18. The quantitative estimate of drug-likeness (QED) is 0.751. The average Bonchev–Trinajstić information content (AvgIpc) is 2.35. The van der Waals surface area contributed by atoms with Crippen molar-refractivity contribution in [3.63, 3.8) is 0 Å². The van der Waals surface area contributed by atoms with E-state index in [2.05, 4.69) is 0 Å². The fraction of sp³-hybridized carbons (Fsp3) is 0.500. The molecule has 1 aromatic carbocycles. The van der Waals surface area contributed by atoms with Crippen LogP contribution in [0.3, 0.4) is 0 Å². The predicted octanol–water partition coefficient (Wildman–Crippen LogP) is 1.83. The molecule has 4 nitrogen and oxygen atoms in total. The van der Waals surface area contributed by atoms with Gasteiger partial charge in [-0.2, -0.15) is 0 Å². The van der Waals surface area contributed by atoms with Gasteiger partial charge in [0, 0.05) is 13.0 Å². The Morgan fingerprint density at radius 1 is 1.39 bits per heavy atom. The molecule has 0 radical (unpaired) electrons. The number of benzene rings is 1. The molecular formula is C14H21NO3. The van der Waals surface area contributed by atoms with Crippen molar-refractivity contribution >= 4 is 5.97 Å². The van der Waals surface area contributed by atoms with E-state index >= 15 is 0 Å². The molecule has 0 unspecified atom stereocenters. The zero-order valence-electron chi connectivity index (χ0n) is 11.1. The number of rotatable bonds is 7. The standard InChI is InChI=1S/C14H21NO3/c1-3-17-14(16)7-5-12-4-6-13(10-11(12)2)18-9-8-15/h4,6,10H,3,5,7-9,15H2,1-2H3. The van der Waals surface area contributed by atoms with E-state index in [1.165, 1.54) is 0 Å². The highest BCUT2D eigenvalue weighted by molar-refractivity contribution is 5.69.